The van der Waals surface area contributed by atoms with Crippen molar-refractivity contribution in [3.63, 3.8) is 0 Å². The molecule has 0 saturated heterocycles. The molecule has 1 saturated carbocycles. The van der Waals surface area contributed by atoms with Gasteiger partial charge in [0.05, 0.1) is 13.2 Å². The molecule has 2 N–H and O–H groups in total. The lowest BCUT2D eigenvalue weighted by atomic mass is 9.94. The Labute approximate surface area is 183 Å². The van der Waals surface area contributed by atoms with Gasteiger partial charge in [0.25, 0.3) is 0 Å². The number of aliphatic hydroxyl groups is 1. The van der Waals surface area contributed by atoms with E-state index >= 15 is 0 Å². The quantitative estimate of drug-likeness (QED) is 0.747. The number of carbonyl (C=O) groups excluding carboxylic acids is 1. The van der Waals surface area contributed by atoms with Crippen LogP contribution < -0.4 is 5.32 Å². The average Bonchev–Trinajstić information content (AvgIpc) is 3.56. The van der Waals surface area contributed by atoms with Crippen molar-refractivity contribution >= 4 is 17.3 Å². The Morgan fingerprint density at radius 1 is 1.23 bits per heavy atom. The van der Waals surface area contributed by atoms with Gasteiger partial charge in [-0.15, -0.1) is 0 Å². The minimum absolute atomic E-state index is 0.0652. The van der Waals surface area contributed by atoms with Crippen LogP contribution in [0.2, 0.25) is 0 Å². The topological polar surface area (TPSA) is 70.4 Å². The van der Waals surface area contributed by atoms with Crippen molar-refractivity contribution < 1.29 is 9.90 Å². The van der Waals surface area contributed by atoms with Gasteiger partial charge >= 0.3 is 0 Å². The van der Waals surface area contributed by atoms with Crippen molar-refractivity contribution in [2.45, 2.75) is 58.7 Å². The molecule has 6 heteroatoms. The zero-order valence-corrected chi connectivity index (χ0v) is 18.1. The summed E-state index contributed by atoms with van der Waals surface area (Å²) in [4.78, 5) is 13.9. The van der Waals surface area contributed by atoms with E-state index in [0.29, 0.717) is 6.54 Å². The number of nitrogens with one attached hydrogen (secondary N) is 1. The fourth-order valence-electron chi connectivity index (χ4n) is 4.56. The maximum atomic E-state index is 12.0. The summed E-state index contributed by atoms with van der Waals surface area (Å²) in [7, 11) is 0. The van der Waals surface area contributed by atoms with Crippen molar-refractivity contribution in [2.75, 3.05) is 11.9 Å². The number of nitrogens with zero attached hydrogens (tertiary/aromatic N) is 3. The fourth-order valence-corrected chi connectivity index (χ4v) is 4.56. The molecular formula is C25H30N4O2. The minimum atomic E-state index is 0.0652. The first-order chi connectivity index (χ1) is 15.1. The molecule has 162 valence electrons. The highest BCUT2D eigenvalue weighted by molar-refractivity contribution is 5.74. The molecule has 0 radical (unpaired) electrons. The Morgan fingerprint density at radius 2 is 2.10 bits per heavy atom. The number of aliphatic hydroxyl groups excluding tert-OH is 1. The Kier molecular flexibility index (Phi) is 5.40. The van der Waals surface area contributed by atoms with E-state index in [2.05, 4.69) is 34.3 Å². The third-order valence-corrected chi connectivity index (χ3v) is 6.62. The predicted octanol–water partition coefficient (Wildman–Crippen LogP) is 3.86. The summed E-state index contributed by atoms with van der Waals surface area (Å²) in [6.45, 7) is 4.12. The van der Waals surface area contributed by atoms with Gasteiger partial charge in [-0.2, -0.15) is 5.10 Å². The zero-order valence-electron chi connectivity index (χ0n) is 18.1. The molecule has 1 fully saturated rings. The number of carbonyl (C=O) groups is 1. The molecule has 5 rings (SSSR count). The van der Waals surface area contributed by atoms with Crippen LogP contribution in [-0.2, 0) is 30.9 Å². The van der Waals surface area contributed by atoms with Crippen molar-refractivity contribution in [1.29, 1.82) is 0 Å². The highest BCUT2D eigenvalue weighted by Gasteiger charge is 2.30. The zero-order chi connectivity index (χ0) is 21.4. The molecule has 6 nitrogen and oxygen atoms in total. The van der Waals surface area contributed by atoms with E-state index in [4.69, 9.17) is 5.10 Å². The number of rotatable bonds is 6. The van der Waals surface area contributed by atoms with E-state index in [0.717, 1.165) is 55.3 Å². The number of hydrogen-bond donors (Lipinski definition) is 2. The number of anilines is 1. The molecule has 0 spiro atoms. The summed E-state index contributed by atoms with van der Waals surface area (Å²) in [6, 6.07) is 8.10. The molecule has 3 aliphatic rings. The van der Waals surface area contributed by atoms with Crippen LogP contribution in [0.3, 0.4) is 0 Å². The lowest BCUT2D eigenvalue weighted by molar-refractivity contribution is -0.129. The second-order valence-corrected chi connectivity index (χ2v) is 8.96. The van der Waals surface area contributed by atoms with Crippen LogP contribution in [0.15, 0.2) is 42.1 Å². The van der Waals surface area contributed by atoms with E-state index in [1.165, 1.54) is 35.2 Å². The maximum absolute atomic E-state index is 12.0. The summed E-state index contributed by atoms with van der Waals surface area (Å²) in [5.41, 5.74) is 7.01. The highest BCUT2D eigenvalue weighted by atomic mass is 16.3. The maximum Gasteiger partial charge on any atom is 0.219 e. The van der Waals surface area contributed by atoms with Gasteiger partial charge in [0, 0.05) is 43.4 Å². The molecule has 1 amide bonds. The van der Waals surface area contributed by atoms with Gasteiger partial charge < -0.3 is 15.3 Å². The fraction of sp³-hybridized carbons (Fsp3) is 0.440. The molecule has 2 aliphatic carbocycles. The van der Waals surface area contributed by atoms with Gasteiger partial charge in [0.2, 0.25) is 5.91 Å². The van der Waals surface area contributed by atoms with Crippen LogP contribution in [0.25, 0.3) is 5.57 Å². The van der Waals surface area contributed by atoms with Crippen molar-refractivity contribution in [3.8, 4) is 0 Å². The first-order valence-electron chi connectivity index (χ1n) is 11.3. The van der Waals surface area contributed by atoms with Crippen LogP contribution in [0.4, 0.5) is 5.82 Å². The molecule has 0 atom stereocenters. The lowest BCUT2D eigenvalue weighted by Crippen LogP contribution is -2.34. The minimum Gasteiger partial charge on any atom is -0.392 e. The molecule has 1 aromatic heterocycles. The molecule has 1 aliphatic heterocycles. The smallest absolute Gasteiger partial charge is 0.219 e. The normalized spacial score (nSPS) is 18.3. The monoisotopic (exact) mass is 418 g/mol. The predicted molar refractivity (Wildman–Crippen MR) is 121 cm³/mol. The van der Waals surface area contributed by atoms with Gasteiger partial charge in [0.15, 0.2) is 5.82 Å². The number of hydrogen-bond acceptors (Lipinski definition) is 4. The van der Waals surface area contributed by atoms with E-state index in [1.54, 1.807) is 6.92 Å². The number of benzene rings is 1. The summed E-state index contributed by atoms with van der Waals surface area (Å²) in [5.74, 6) is 1.80. The molecule has 0 unspecified atom stereocenters. The standard InChI is InChI=1S/C25H30N4O2/c1-17(31)28-12-11-24-23(15-28)25(27-29(24)14-18-5-6-18)26-22-9-7-20(8-10-22)21-4-2-3-19(13-21)16-30/h2-4,7,9,13,18,30H,5-6,8,10-12,14-16H2,1H3,(H,26,27). The van der Waals surface area contributed by atoms with Crippen LogP contribution in [0.5, 0.6) is 0 Å². The van der Waals surface area contributed by atoms with Crippen molar-refractivity contribution in [1.82, 2.24) is 14.7 Å². The SMILES string of the molecule is CC(=O)N1CCc2c(c(NC3=CC=C(c4cccc(CO)c4)CC3)nn2CC2CC2)C1. The Bertz CT molecular complexity index is 1060. The van der Waals surface area contributed by atoms with Crippen LogP contribution in [0.1, 0.15) is 55.0 Å². The summed E-state index contributed by atoms with van der Waals surface area (Å²) in [6.07, 6.45) is 9.63. The van der Waals surface area contributed by atoms with Gasteiger partial charge in [-0.25, -0.2) is 0 Å². The third kappa shape index (κ3) is 4.30. The Hall–Kier alpha value is -2.86. The third-order valence-electron chi connectivity index (χ3n) is 6.62. The lowest BCUT2D eigenvalue weighted by Gasteiger charge is -2.27. The number of allylic oxidation sites excluding steroid dienone is 4. The van der Waals surface area contributed by atoms with Crippen molar-refractivity contribution in [3.05, 3.63) is 64.5 Å². The van der Waals surface area contributed by atoms with Gasteiger partial charge in [-0.05, 0) is 60.4 Å². The summed E-state index contributed by atoms with van der Waals surface area (Å²) >= 11 is 0. The van der Waals surface area contributed by atoms with E-state index < -0.39 is 0 Å². The average molecular weight is 419 g/mol. The molecule has 1 aromatic carbocycles. The number of amides is 1. The van der Waals surface area contributed by atoms with Crippen molar-refractivity contribution in [2.24, 2.45) is 5.92 Å². The van der Waals surface area contributed by atoms with E-state index in [9.17, 15) is 9.90 Å². The highest BCUT2D eigenvalue weighted by Crippen LogP contribution is 2.35. The molecule has 0 bridgehead atoms. The molecule has 2 heterocycles. The molecule has 2 aromatic rings. The van der Waals surface area contributed by atoms with Gasteiger partial charge in [0.1, 0.15) is 0 Å². The van der Waals surface area contributed by atoms with E-state index in [1.807, 2.05) is 17.0 Å². The van der Waals surface area contributed by atoms with Crippen LogP contribution in [0, 0.1) is 5.92 Å². The van der Waals surface area contributed by atoms with Gasteiger partial charge in [-0.1, -0.05) is 24.3 Å². The second-order valence-electron chi connectivity index (χ2n) is 8.96. The first-order valence-corrected chi connectivity index (χ1v) is 11.3. The van der Waals surface area contributed by atoms with Crippen LogP contribution >= 0.6 is 0 Å². The largest absolute Gasteiger partial charge is 0.392 e. The second kappa shape index (κ2) is 8.35. The van der Waals surface area contributed by atoms with Gasteiger partial charge in [-0.3, -0.25) is 9.48 Å². The van der Waals surface area contributed by atoms with Crippen LogP contribution in [-0.4, -0.2) is 32.2 Å². The Balaban J connectivity index is 1.38. The molecular weight excluding hydrogens is 388 g/mol. The van der Waals surface area contributed by atoms with E-state index in [-0.39, 0.29) is 12.5 Å². The Morgan fingerprint density at radius 3 is 2.81 bits per heavy atom. The summed E-state index contributed by atoms with van der Waals surface area (Å²) < 4.78 is 2.19. The summed E-state index contributed by atoms with van der Waals surface area (Å²) in [5, 5.41) is 17.9. The number of aromatic nitrogens is 2. The molecule has 31 heavy (non-hydrogen) atoms. The number of fused-ring (bicyclic) bond motifs is 1. The first kappa shape index (κ1) is 20.1.